The molecule has 27 heavy (non-hydrogen) atoms. The molecule has 0 aromatic heterocycles. The van der Waals surface area contributed by atoms with Gasteiger partial charge in [0.05, 0.1) is 5.75 Å². The Bertz CT molecular complexity index is 866. The zero-order chi connectivity index (χ0) is 19.4. The lowest BCUT2D eigenvalue weighted by Gasteiger charge is -2.38. The Hall–Kier alpha value is -1.76. The molecule has 4 nitrogen and oxygen atoms in total. The molecule has 0 aliphatic carbocycles. The van der Waals surface area contributed by atoms with Crippen LogP contribution in [-0.4, -0.2) is 32.4 Å². The van der Waals surface area contributed by atoms with Crippen molar-refractivity contribution in [2.24, 2.45) is 5.92 Å². The topological polar surface area (TPSA) is 49.4 Å². The molecule has 0 saturated carbocycles. The molecule has 3 rings (SSSR count). The zero-order valence-electron chi connectivity index (χ0n) is 15.9. The van der Waals surface area contributed by atoms with Crippen molar-refractivity contribution in [1.29, 1.82) is 0 Å². The first-order chi connectivity index (χ1) is 12.8. The maximum absolute atomic E-state index is 13.0. The minimum absolute atomic E-state index is 0.126. The molecule has 1 heterocycles. The van der Waals surface area contributed by atoms with Crippen molar-refractivity contribution in [2.75, 3.05) is 13.1 Å². The highest BCUT2D eigenvalue weighted by Gasteiger charge is 2.27. The van der Waals surface area contributed by atoms with Crippen molar-refractivity contribution in [3.8, 4) is 0 Å². The molecular formula is C21H27FN2O2S. The first-order valence-corrected chi connectivity index (χ1v) is 11.0. The van der Waals surface area contributed by atoms with Crippen LogP contribution in [0.25, 0.3) is 0 Å². The van der Waals surface area contributed by atoms with E-state index in [1.54, 1.807) is 0 Å². The molecule has 1 atom stereocenters. The van der Waals surface area contributed by atoms with Crippen LogP contribution in [0.1, 0.15) is 30.5 Å². The van der Waals surface area contributed by atoms with E-state index >= 15 is 0 Å². The SMILES string of the molecule is CC(C)C(CNS(=O)(=O)Cc1ccc(F)cc1)N1CCc2ccccc2C1. The molecule has 1 N–H and O–H groups in total. The molecule has 0 amide bonds. The molecule has 2 aromatic carbocycles. The third kappa shape index (κ3) is 5.37. The van der Waals surface area contributed by atoms with E-state index in [4.69, 9.17) is 0 Å². The first kappa shape index (κ1) is 20.0. The van der Waals surface area contributed by atoms with E-state index in [2.05, 4.69) is 47.7 Å². The largest absolute Gasteiger partial charge is 0.294 e. The van der Waals surface area contributed by atoms with Gasteiger partial charge in [0.15, 0.2) is 0 Å². The summed E-state index contributed by atoms with van der Waals surface area (Å²) >= 11 is 0. The fourth-order valence-corrected chi connectivity index (χ4v) is 4.81. The molecule has 1 aliphatic heterocycles. The summed E-state index contributed by atoms with van der Waals surface area (Å²) in [6.45, 7) is 6.40. The summed E-state index contributed by atoms with van der Waals surface area (Å²) in [6, 6.07) is 14.2. The molecule has 2 aromatic rings. The fraction of sp³-hybridized carbons (Fsp3) is 0.429. The Kier molecular flexibility index (Phi) is 6.29. The number of hydrogen-bond acceptors (Lipinski definition) is 3. The standard InChI is InChI=1S/C21H27FN2O2S/c1-16(2)21(24-12-11-18-5-3-4-6-19(18)14-24)13-23-27(25,26)15-17-7-9-20(22)10-8-17/h3-10,16,21,23H,11-15H2,1-2H3. The number of sulfonamides is 1. The van der Waals surface area contributed by atoms with E-state index in [1.165, 1.54) is 35.4 Å². The number of nitrogens with one attached hydrogen (secondary N) is 1. The van der Waals surface area contributed by atoms with E-state index in [1.807, 2.05) is 0 Å². The van der Waals surface area contributed by atoms with Gasteiger partial charge in [-0.05, 0) is 41.2 Å². The lowest BCUT2D eigenvalue weighted by Crippen LogP contribution is -2.48. The van der Waals surface area contributed by atoms with Gasteiger partial charge in [-0.2, -0.15) is 0 Å². The number of rotatable bonds is 7. The zero-order valence-corrected chi connectivity index (χ0v) is 16.7. The predicted octanol–water partition coefficient (Wildman–Crippen LogP) is 3.33. The summed E-state index contributed by atoms with van der Waals surface area (Å²) in [4.78, 5) is 2.37. The summed E-state index contributed by atoms with van der Waals surface area (Å²) in [5.74, 6) is -0.181. The minimum Gasteiger partial charge on any atom is -0.294 e. The summed E-state index contributed by atoms with van der Waals surface area (Å²) in [6.07, 6.45) is 0.988. The van der Waals surface area contributed by atoms with E-state index in [-0.39, 0.29) is 17.6 Å². The van der Waals surface area contributed by atoms with Crippen molar-refractivity contribution >= 4 is 10.0 Å². The van der Waals surface area contributed by atoms with Crippen LogP contribution in [0.3, 0.4) is 0 Å². The van der Waals surface area contributed by atoms with Gasteiger partial charge < -0.3 is 0 Å². The van der Waals surface area contributed by atoms with Crippen LogP contribution in [0.15, 0.2) is 48.5 Å². The highest BCUT2D eigenvalue weighted by molar-refractivity contribution is 7.88. The van der Waals surface area contributed by atoms with Crippen LogP contribution in [0.2, 0.25) is 0 Å². The Morgan fingerprint density at radius 1 is 1.07 bits per heavy atom. The van der Waals surface area contributed by atoms with E-state index < -0.39 is 10.0 Å². The van der Waals surface area contributed by atoms with Gasteiger partial charge in [-0.25, -0.2) is 17.5 Å². The van der Waals surface area contributed by atoms with Gasteiger partial charge in [-0.3, -0.25) is 4.90 Å². The minimum atomic E-state index is -3.47. The normalized spacial score (nSPS) is 16.3. The Labute approximate surface area is 161 Å². The van der Waals surface area contributed by atoms with Crippen molar-refractivity contribution in [3.63, 3.8) is 0 Å². The second-order valence-electron chi connectivity index (χ2n) is 7.53. The van der Waals surface area contributed by atoms with Gasteiger partial charge in [0.1, 0.15) is 5.82 Å². The fourth-order valence-electron chi connectivity index (χ4n) is 3.65. The molecule has 0 radical (unpaired) electrons. The number of halogens is 1. The molecule has 0 saturated heterocycles. The van der Waals surface area contributed by atoms with Gasteiger partial charge >= 0.3 is 0 Å². The third-order valence-corrected chi connectivity index (χ3v) is 6.50. The number of hydrogen-bond donors (Lipinski definition) is 1. The van der Waals surface area contributed by atoms with Crippen molar-refractivity contribution < 1.29 is 12.8 Å². The van der Waals surface area contributed by atoms with Gasteiger partial charge in [0.25, 0.3) is 0 Å². The van der Waals surface area contributed by atoms with Crippen LogP contribution in [0.4, 0.5) is 4.39 Å². The highest BCUT2D eigenvalue weighted by Crippen LogP contribution is 2.23. The van der Waals surface area contributed by atoms with E-state index in [0.29, 0.717) is 18.0 Å². The summed E-state index contributed by atoms with van der Waals surface area (Å²) < 4.78 is 40.7. The monoisotopic (exact) mass is 390 g/mol. The first-order valence-electron chi connectivity index (χ1n) is 9.36. The smallest absolute Gasteiger partial charge is 0.215 e. The van der Waals surface area contributed by atoms with E-state index in [0.717, 1.165) is 19.5 Å². The molecule has 0 spiro atoms. The second-order valence-corrected chi connectivity index (χ2v) is 9.34. The van der Waals surface area contributed by atoms with Crippen LogP contribution in [0, 0.1) is 11.7 Å². The van der Waals surface area contributed by atoms with Gasteiger partial charge in [-0.1, -0.05) is 50.2 Å². The molecule has 0 bridgehead atoms. The summed E-state index contributed by atoms with van der Waals surface area (Å²) in [5.41, 5.74) is 3.29. The van der Waals surface area contributed by atoms with Crippen LogP contribution < -0.4 is 4.72 Å². The van der Waals surface area contributed by atoms with Gasteiger partial charge in [-0.15, -0.1) is 0 Å². The molecule has 1 unspecified atom stereocenters. The highest BCUT2D eigenvalue weighted by atomic mass is 32.2. The van der Waals surface area contributed by atoms with Crippen LogP contribution in [0.5, 0.6) is 0 Å². The average molecular weight is 391 g/mol. The second kappa shape index (κ2) is 8.50. The molecule has 146 valence electrons. The Morgan fingerprint density at radius 2 is 1.74 bits per heavy atom. The predicted molar refractivity (Wildman–Crippen MR) is 106 cm³/mol. The quantitative estimate of drug-likeness (QED) is 0.789. The molecule has 1 aliphatic rings. The van der Waals surface area contributed by atoms with Crippen molar-refractivity contribution in [3.05, 3.63) is 71.0 Å². The third-order valence-electron chi connectivity index (χ3n) is 5.18. The van der Waals surface area contributed by atoms with Crippen LogP contribution >= 0.6 is 0 Å². The van der Waals surface area contributed by atoms with Gasteiger partial charge in [0, 0.05) is 25.7 Å². The van der Waals surface area contributed by atoms with Crippen molar-refractivity contribution in [1.82, 2.24) is 9.62 Å². The van der Waals surface area contributed by atoms with Crippen molar-refractivity contribution in [2.45, 2.75) is 38.6 Å². The Balaban J connectivity index is 1.64. The average Bonchev–Trinajstić information content (AvgIpc) is 2.63. The maximum atomic E-state index is 13.0. The molecular weight excluding hydrogens is 363 g/mol. The molecule has 0 fully saturated rings. The Morgan fingerprint density at radius 3 is 2.41 bits per heavy atom. The number of nitrogens with zero attached hydrogens (tertiary/aromatic N) is 1. The number of fused-ring (bicyclic) bond motifs is 1. The maximum Gasteiger partial charge on any atom is 0.215 e. The summed E-state index contributed by atoms with van der Waals surface area (Å²) in [5, 5.41) is 0. The van der Waals surface area contributed by atoms with Gasteiger partial charge in [0.2, 0.25) is 10.0 Å². The van der Waals surface area contributed by atoms with Crippen LogP contribution in [-0.2, 0) is 28.7 Å². The number of benzene rings is 2. The lowest BCUT2D eigenvalue weighted by molar-refractivity contribution is 0.141. The van der Waals surface area contributed by atoms with E-state index in [9.17, 15) is 12.8 Å². The summed E-state index contributed by atoms with van der Waals surface area (Å²) in [7, 11) is -3.47. The molecule has 6 heteroatoms. The lowest BCUT2D eigenvalue weighted by atomic mass is 9.95.